The highest BCUT2D eigenvalue weighted by molar-refractivity contribution is 6.06. The maximum Gasteiger partial charge on any atom is 0.340 e. The van der Waals surface area contributed by atoms with Crippen molar-refractivity contribution in [1.29, 1.82) is 0 Å². The fourth-order valence-corrected chi connectivity index (χ4v) is 2.61. The van der Waals surface area contributed by atoms with E-state index in [-0.39, 0.29) is 11.7 Å². The molecule has 0 bridgehead atoms. The normalized spacial score (nSPS) is 11.3. The number of nitrogens with zero attached hydrogens (tertiary/aromatic N) is 1. The number of benzene rings is 1. The lowest BCUT2D eigenvalue weighted by molar-refractivity contribution is 0.0527. The number of phenols is 1. The Bertz CT molecular complexity index is 656. The number of carbonyl (C=O) groups excluding carboxylic acids is 1. The highest BCUT2D eigenvalue weighted by atomic mass is 16.5. The van der Waals surface area contributed by atoms with E-state index in [2.05, 4.69) is 18.4 Å². The van der Waals surface area contributed by atoms with Gasteiger partial charge < -0.3 is 14.4 Å². The summed E-state index contributed by atoms with van der Waals surface area (Å²) in [5.74, 6) is 0.424. The minimum Gasteiger partial charge on any atom is -0.508 e. The number of rotatable bonds is 5. The number of ether oxygens (including phenoxy) is 1. The molecule has 21 heavy (non-hydrogen) atoms. The summed E-state index contributed by atoms with van der Waals surface area (Å²) < 4.78 is 7.30. The molecule has 0 saturated carbocycles. The van der Waals surface area contributed by atoms with Crippen molar-refractivity contribution in [2.75, 3.05) is 6.61 Å². The molecule has 0 spiro atoms. The van der Waals surface area contributed by atoms with E-state index in [1.807, 2.05) is 13.0 Å². The van der Waals surface area contributed by atoms with E-state index in [0.29, 0.717) is 18.1 Å². The first-order chi connectivity index (χ1) is 9.95. The minimum absolute atomic E-state index is 0.161. The molecule has 4 nitrogen and oxygen atoms in total. The van der Waals surface area contributed by atoms with Gasteiger partial charge in [0, 0.05) is 23.1 Å². The molecule has 0 radical (unpaired) electrons. The van der Waals surface area contributed by atoms with Crippen LogP contribution in [0, 0.1) is 12.8 Å². The summed E-state index contributed by atoms with van der Waals surface area (Å²) in [6.07, 6.45) is 1.04. The van der Waals surface area contributed by atoms with Gasteiger partial charge in [0.2, 0.25) is 0 Å². The van der Waals surface area contributed by atoms with Gasteiger partial charge >= 0.3 is 5.97 Å². The molecule has 1 heterocycles. The smallest absolute Gasteiger partial charge is 0.340 e. The number of carbonyl (C=O) groups is 1. The molecule has 1 aromatic carbocycles. The molecule has 0 amide bonds. The van der Waals surface area contributed by atoms with E-state index in [1.165, 1.54) is 0 Å². The largest absolute Gasteiger partial charge is 0.508 e. The average Bonchev–Trinajstić information content (AvgIpc) is 2.67. The molecule has 0 aliphatic heterocycles. The topological polar surface area (TPSA) is 51.5 Å². The first-order valence-electron chi connectivity index (χ1n) is 7.44. The fraction of sp³-hybridized carbons (Fsp3) is 0.471. The van der Waals surface area contributed by atoms with Crippen molar-refractivity contribution >= 4 is 16.9 Å². The zero-order valence-corrected chi connectivity index (χ0v) is 13.1. The Morgan fingerprint density at radius 3 is 2.71 bits per heavy atom. The van der Waals surface area contributed by atoms with Gasteiger partial charge in [-0.15, -0.1) is 0 Å². The number of aryl methyl sites for hydroxylation is 1. The first-order valence-corrected chi connectivity index (χ1v) is 7.44. The van der Waals surface area contributed by atoms with Crippen molar-refractivity contribution < 1.29 is 14.6 Å². The molecule has 114 valence electrons. The number of fused-ring (bicyclic) bond motifs is 1. The molecule has 0 saturated heterocycles. The molecule has 0 fully saturated rings. The van der Waals surface area contributed by atoms with Crippen LogP contribution in [0.15, 0.2) is 18.2 Å². The van der Waals surface area contributed by atoms with Gasteiger partial charge in [-0.3, -0.25) is 0 Å². The summed E-state index contributed by atoms with van der Waals surface area (Å²) in [7, 11) is 0. The second-order valence-corrected chi connectivity index (χ2v) is 5.72. The molecule has 1 N–H and O–H groups in total. The lowest BCUT2D eigenvalue weighted by Gasteiger charge is -2.10. The molecule has 4 heteroatoms. The third kappa shape index (κ3) is 3.04. The van der Waals surface area contributed by atoms with Crippen LogP contribution in [0.4, 0.5) is 0 Å². The van der Waals surface area contributed by atoms with Gasteiger partial charge in [0.1, 0.15) is 5.75 Å². The van der Waals surface area contributed by atoms with E-state index in [1.54, 1.807) is 19.1 Å². The standard InChI is InChI=1S/C17H23NO3/c1-5-21-17(20)16-12(4)18(9-8-11(2)3)15-7-6-13(19)10-14(15)16/h6-7,10-11,19H,5,8-9H2,1-4H3. The van der Waals surface area contributed by atoms with Crippen molar-refractivity contribution in [2.24, 2.45) is 5.92 Å². The van der Waals surface area contributed by atoms with E-state index in [9.17, 15) is 9.90 Å². The van der Waals surface area contributed by atoms with Crippen LogP contribution in [-0.2, 0) is 11.3 Å². The summed E-state index contributed by atoms with van der Waals surface area (Å²) in [5.41, 5.74) is 2.43. The Labute approximate surface area is 125 Å². The van der Waals surface area contributed by atoms with Gasteiger partial charge in [0.25, 0.3) is 0 Å². The van der Waals surface area contributed by atoms with Crippen molar-refractivity contribution in [3.05, 3.63) is 29.5 Å². The third-order valence-corrected chi connectivity index (χ3v) is 3.72. The molecule has 2 rings (SSSR count). The van der Waals surface area contributed by atoms with Crippen LogP contribution in [0.25, 0.3) is 10.9 Å². The summed E-state index contributed by atoms with van der Waals surface area (Å²) in [6, 6.07) is 5.16. The lowest BCUT2D eigenvalue weighted by Crippen LogP contribution is -2.08. The SMILES string of the molecule is CCOC(=O)c1c(C)n(CCC(C)C)c2ccc(O)cc12. The number of aromatic hydroxyl groups is 1. The number of hydrogen-bond acceptors (Lipinski definition) is 3. The van der Waals surface area contributed by atoms with Crippen LogP contribution >= 0.6 is 0 Å². The zero-order valence-electron chi connectivity index (χ0n) is 13.1. The number of aromatic nitrogens is 1. The molecule has 0 aliphatic carbocycles. The van der Waals surface area contributed by atoms with Crippen molar-refractivity contribution in [1.82, 2.24) is 4.57 Å². The van der Waals surface area contributed by atoms with Gasteiger partial charge in [-0.2, -0.15) is 0 Å². The summed E-state index contributed by atoms with van der Waals surface area (Å²) in [6.45, 7) is 9.28. The van der Waals surface area contributed by atoms with Crippen molar-refractivity contribution in [3.8, 4) is 5.75 Å². The molecule has 0 unspecified atom stereocenters. The van der Waals surface area contributed by atoms with E-state index in [0.717, 1.165) is 29.6 Å². The second-order valence-electron chi connectivity index (χ2n) is 5.72. The lowest BCUT2D eigenvalue weighted by atomic mass is 10.1. The van der Waals surface area contributed by atoms with Gasteiger partial charge in [0.05, 0.1) is 12.2 Å². The van der Waals surface area contributed by atoms with Crippen LogP contribution in [-0.4, -0.2) is 22.2 Å². The quantitative estimate of drug-likeness (QED) is 0.850. The molecule has 2 aromatic rings. The molecule has 1 aromatic heterocycles. The fourth-order valence-electron chi connectivity index (χ4n) is 2.61. The maximum absolute atomic E-state index is 12.2. The van der Waals surface area contributed by atoms with Gasteiger partial charge in [0.15, 0.2) is 0 Å². The van der Waals surface area contributed by atoms with E-state index >= 15 is 0 Å². The zero-order chi connectivity index (χ0) is 15.6. The number of hydrogen-bond donors (Lipinski definition) is 1. The highest BCUT2D eigenvalue weighted by Gasteiger charge is 2.21. The average molecular weight is 289 g/mol. The van der Waals surface area contributed by atoms with Crippen LogP contribution in [0.5, 0.6) is 5.75 Å². The first kappa shape index (κ1) is 15.4. The van der Waals surface area contributed by atoms with Gasteiger partial charge in [-0.25, -0.2) is 4.79 Å². The van der Waals surface area contributed by atoms with E-state index < -0.39 is 0 Å². The van der Waals surface area contributed by atoms with Crippen molar-refractivity contribution in [2.45, 2.75) is 40.7 Å². The second kappa shape index (κ2) is 6.20. The van der Waals surface area contributed by atoms with Crippen LogP contribution in [0.1, 0.15) is 43.2 Å². The molecule has 0 aliphatic rings. The highest BCUT2D eigenvalue weighted by Crippen LogP contribution is 2.30. The molecule has 0 atom stereocenters. The Hall–Kier alpha value is -1.97. The van der Waals surface area contributed by atoms with Crippen LogP contribution in [0.2, 0.25) is 0 Å². The van der Waals surface area contributed by atoms with Gasteiger partial charge in [-0.1, -0.05) is 13.8 Å². The van der Waals surface area contributed by atoms with Crippen molar-refractivity contribution in [3.63, 3.8) is 0 Å². The summed E-state index contributed by atoms with van der Waals surface area (Å²) in [4.78, 5) is 12.2. The predicted octanol–water partition coefficient (Wildman–Crippen LogP) is 3.88. The predicted molar refractivity (Wildman–Crippen MR) is 83.8 cm³/mol. The minimum atomic E-state index is -0.325. The molecular weight excluding hydrogens is 266 g/mol. The van der Waals surface area contributed by atoms with Gasteiger partial charge in [-0.05, 0) is 44.4 Å². The maximum atomic E-state index is 12.2. The summed E-state index contributed by atoms with van der Waals surface area (Å²) in [5, 5.41) is 10.5. The Balaban J connectivity index is 2.58. The monoisotopic (exact) mass is 289 g/mol. The summed E-state index contributed by atoms with van der Waals surface area (Å²) >= 11 is 0. The van der Waals surface area contributed by atoms with Crippen LogP contribution in [0.3, 0.4) is 0 Å². The number of esters is 1. The Kier molecular flexibility index (Phi) is 4.56. The Morgan fingerprint density at radius 2 is 2.10 bits per heavy atom. The molecular formula is C17H23NO3. The number of phenolic OH excluding ortho intramolecular Hbond substituents is 1. The third-order valence-electron chi connectivity index (χ3n) is 3.72. The van der Waals surface area contributed by atoms with E-state index in [4.69, 9.17) is 4.74 Å². The Morgan fingerprint density at radius 1 is 1.38 bits per heavy atom. The van der Waals surface area contributed by atoms with Crippen LogP contribution < -0.4 is 0 Å².